The van der Waals surface area contributed by atoms with E-state index in [-0.39, 0.29) is 5.60 Å². The smallest absolute Gasteiger partial charge is 0.0678 e. The first-order valence-corrected chi connectivity index (χ1v) is 6.49. The van der Waals surface area contributed by atoms with Crippen molar-refractivity contribution in [1.29, 1.82) is 0 Å². The van der Waals surface area contributed by atoms with Gasteiger partial charge >= 0.3 is 0 Å². The third-order valence-electron chi connectivity index (χ3n) is 4.93. The minimum Gasteiger partial charge on any atom is -0.390 e. The fourth-order valence-corrected chi connectivity index (χ4v) is 3.74. The Morgan fingerprint density at radius 3 is 2.21 bits per heavy atom. The van der Waals surface area contributed by atoms with Crippen molar-refractivity contribution in [2.45, 2.75) is 63.4 Å². The Kier molecular flexibility index (Phi) is 2.12. The fraction of sp³-hybridized carbons (Fsp3) is 1.00. The molecular weight excluding hydrogens is 172 g/mol. The van der Waals surface area contributed by atoms with E-state index in [1.54, 1.807) is 0 Å². The topological polar surface area (TPSA) is 20.2 Å². The maximum absolute atomic E-state index is 10.6. The van der Waals surface area contributed by atoms with Crippen molar-refractivity contribution in [1.82, 2.24) is 0 Å². The van der Waals surface area contributed by atoms with Crippen LogP contribution in [0.15, 0.2) is 0 Å². The quantitative estimate of drug-likeness (QED) is 0.732. The van der Waals surface area contributed by atoms with Crippen LogP contribution in [0, 0.1) is 17.8 Å². The molecule has 0 aromatic rings. The highest BCUT2D eigenvalue weighted by molar-refractivity contribution is 4.98. The SMILES string of the molecule is OC1(CCC2CC2)CC2CCC1CC2. The van der Waals surface area contributed by atoms with Gasteiger partial charge in [-0.25, -0.2) is 0 Å². The summed E-state index contributed by atoms with van der Waals surface area (Å²) in [7, 11) is 0. The zero-order chi connectivity index (χ0) is 9.60. The van der Waals surface area contributed by atoms with E-state index in [1.807, 2.05) is 0 Å². The van der Waals surface area contributed by atoms with Crippen molar-refractivity contribution in [3.8, 4) is 0 Å². The average Bonchev–Trinajstić information content (AvgIpc) is 3.00. The summed E-state index contributed by atoms with van der Waals surface area (Å²) in [6.45, 7) is 0. The Balaban J connectivity index is 1.62. The van der Waals surface area contributed by atoms with Crippen LogP contribution < -0.4 is 0 Å². The van der Waals surface area contributed by atoms with E-state index in [9.17, 15) is 5.11 Å². The first-order valence-electron chi connectivity index (χ1n) is 6.49. The van der Waals surface area contributed by atoms with Crippen molar-refractivity contribution in [2.75, 3.05) is 0 Å². The van der Waals surface area contributed by atoms with E-state index in [0.29, 0.717) is 5.92 Å². The summed E-state index contributed by atoms with van der Waals surface area (Å²) in [6.07, 6.45) is 11.8. The lowest BCUT2D eigenvalue weighted by molar-refractivity contribution is -0.104. The molecule has 1 nitrogen and oxygen atoms in total. The first-order chi connectivity index (χ1) is 6.76. The van der Waals surface area contributed by atoms with Crippen LogP contribution in [-0.4, -0.2) is 10.7 Å². The summed E-state index contributed by atoms with van der Waals surface area (Å²) in [5.74, 6) is 2.51. The van der Waals surface area contributed by atoms with Crippen LogP contribution in [0.1, 0.15) is 57.8 Å². The minimum atomic E-state index is -0.232. The fourth-order valence-electron chi connectivity index (χ4n) is 3.74. The summed E-state index contributed by atoms with van der Waals surface area (Å²) in [6, 6.07) is 0. The van der Waals surface area contributed by atoms with Gasteiger partial charge in [0.25, 0.3) is 0 Å². The number of rotatable bonds is 3. The number of aliphatic hydroxyl groups is 1. The number of hydrogen-bond acceptors (Lipinski definition) is 1. The van der Waals surface area contributed by atoms with E-state index >= 15 is 0 Å². The zero-order valence-electron chi connectivity index (χ0n) is 9.04. The second-order valence-electron chi connectivity index (χ2n) is 6.01. The molecule has 0 aromatic heterocycles. The number of fused-ring (bicyclic) bond motifs is 3. The van der Waals surface area contributed by atoms with Gasteiger partial charge in [0.2, 0.25) is 0 Å². The molecule has 4 rings (SSSR count). The third kappa shape index (κ3) is 1.60. The lowest BCUT2D eigenvalue weighted by Gasteiger charge is -2.49. The Morgan fingerprint density at radius 1 is 1.00 bits per heavy atom. The molecule has 1 unspecified atom stereocenters. The molecule has 4 fully saturated rings. The van der Waals surface area contributed by atoms with E-state index in [4.69, 9.17) is 0 Å². The average molecular weight is 194 g/mol. The van der Waals surface area contributed by atoms with Gasteiger partial charge in [0.1, 0.15) is 0 Å². The van der Waals surface area contributed by atoms with Gasteiger partial charge in [0.15, 0.2) is 0 Å². The maximum Gasteiger partial charge on any atom is 0.0678 e. The number of hydrogen-bond donors (Lipinski definition) is 1. The molecule has 0 heterocycles. The van der Waals surface area contributed by atoms with Crippen molar-refractivity contribution >= 4 is 0 Å². The molecule has 1 heteroatoms. The Bertz CT molecular complexity index is 213. The standard InChI is InChI=1S/C13H22O/c14-13(8-7-10-1-2-10)9-11-3-5-12(13)6-4-11/h10-12,14H,1-9H2. The Hall–Kier alpha value is -0.0400. The molecule has 2 bridgehead atoms. The minimum absolute atomic E-state index is 0.232. The van der Waals surface area contributed by atoms with Crippen molar-refractivity contribution in [3.63, 3.8) is 0 Å². The molecular formula is C13H22O. The van der Waals surface area contributed by atoms with Gasteiger partial charge in [-0.2, -0.15) is 0 Å². The van der Waals surface area contributed by atoms with Crippen LogP contribution in [0.25, 0.3) is 0 Å². The molecule has 0 saturated heterocycles. The van der Waals surface area contributed by atoms with Crippen LogP contribution in [0.3, 0.4) is 0 Å². The molecule has 0 spiro atoms. The van der Waals surface area contributed by atoms with E-state index < -0.39 is 0 Å². The van der Waals surface area contributed by atoms with Crippen molar-refractivity contribution < 1.29 is 5.11 Å². The second-order valence-corrected chi connectivity index (χ2v) is 6.01. The van der Waals surface area contributed by atoms with Gasteiger partial charge in [-0.3, -0.25) is 0 Å². The summed E-state index contributed by atoms with van der Waals surface area (Å²) < 4.78 is 0. The van der Waals surface area contributed by atoms with Gasteiger partial charge in [0.05, 0.1) is 5.60 Å². The van der Waals surface area contributed by atoms with Crippen LogP contribution in [0.4, 0.5) is 0 Å². The largest absolute Gasteiger partial charge is 0.390 e. The van der Waals surface area contributed by atoms with Crippen LogP contribution in [-0.2, 0) is 0 Å². The molecule has 1 atom stereocenters. The highest BCUT2D eigenvalue weighted by Gasteiger charge is 2.46. The summed E-state index contributed by atoms with van der Waals surface area (Å²) in [5, 5.41) is 10.6. The van der Waals surface area contributed by atoms with Crippen LogP contribution >= 0.6 is 0 Å². The molecule has 0 radical (unpaired) electrons. The van der Waals surface area contributed by atoms with Crippen molar-refractivity contribution in [2.24, 2.45) is 17.8 Å². The lowest BCUT2D eigenvalue weighted by atomic mass is 9.61. The third-order valence-corrected chi connectivity index (χ3v) is 4.93. The van der Waals surface area contributed by atoms with Crippen LogP contribution in [0.2, 0.25) is 0 Å². The second kappa shape index (κ2) is 3.23. The van der Waals surface area contributed by atoms with Gasteiger partial charge in [-0.1, -0.05) is 12.8 Å². The molecule has 4 aliphatic carbocycles. The molecule has 14 heavy (non-hydrogen) atoms. The summed E-state index contributed by atoms with van der Waals surface area (Å²) >= 11 is 0. The van der Waals surface area contributed by atoms with Gasteiger partial charge < -0.3 is 5.11 Å². The highest BCUT2D eigenvalue weighted by Crippen LogP contribution is 2.50. The van der Waals surface area contributed by atoms with Crippen molar-refractivity contribution in [3.05, 3.63) is 0 Å². The zero-order valence-corrected chi connectivity index (χ0v) is 9.04. The Labute approximate surface area is 86.9 Å². The van der Waals surface area contributed by atoms with Gasteiger partial charge in [-0.05, 0) is 62.7 Å². The molecule has 4 aliphatic rings. The normalized spacial score (nSPS) is 46.9. The van der Waals surface area contributed by atoms with E-state index in [1.165, 1.54) is 44.9 Å². The van der Waals surface area contributed by atoms with E-state index in [2.05, 4.69) is 0 Å². The molecule has 0 aliphatic heterocycles. The Morgan fingerprint density at radius 2 is 1.71 bits per heavy atom. The molecule has 0 aromatic carbocycles. The van der Waals surface area contributed by atoms with E-state index in [0.717, 1.165) is 24.7 Å². The monoisotopic (exact) mass is 194 g/mol. The molecule has 80 valence electrons. The molecule has 0 amide bonds. The van der Waals surface area contributed by atoms with Crippen LogP contribution in [0.5, 0.6) is 0 Å². The van der Waals surface area contributed by atoms with Gasteiger partial charge in [0, 0.05) is 0 Å². The predicted octanol–water partition coefficient (Wildman–Crippen LogP) is 3.12. The summed E-state index contributed by atoms with van der Waals surface area (Å²) in [5.41, 5.74) is -0.232. The first kappa shape index (κ1) is 9.21. The molecule has 4 saturated carbocycles. The maximum atomic E-state index is 10.6. The predicted molar refractivity (Wildman–Crippen MR) is 57.0 cm³/mol. The van der Waals surface area contributed by atoms with Gasteiger partial charge in [-0.15, -0.1) is 0 Å². The lowest BCUT2D eigenvalue weighted by Crippen LogP contribution is -2.47. The molecule has 1 N–H and O–H groups in total. The summed E-state index contributed by atoms with van der Waals surface area (Å²) in [4.78, 5) is 0. The highest BCUT2D eigenvalue weighted by atomic mass is 16.3.